The lowest BCUT2D eigenvalue weighted by Crippen LogP contribution is -2.34. The van der Waals surface area contributed by atoms with Crippen LogP contribution in [0.15, 0.2) is 0 Å². The first-order valence-electron chi connectivity index (χ1n) is 5.30. The summed E-state index contributed by atoms with van der Waals surface area (Å²) in [5.41, 5.74) is 0.767. The second-order valence-corrected chi connectivity index (χ2v) is 6.48. The predicted octanol–water partition coefficient (Wildman–Crippen LogP) is 3.34. The van der Waals surface area contributed by atoms with E-state index in [4.69, 9.17) is 4.74 Å². The van der Waals surface area contributed by atoms with Crippen LogP contribution in [0.2, 0.25) is 0 Å². The van der Waals surface area contributed by atoms with Crippen molar-refractivity contribution in [2.24, 2.45) is 22.7 Å². The molecule has 1 fully saturated rings. The highest BCUT2D eigenvalue weighted by Crippen LogP contribution is 2.44. The predicted molar refractivity (Wildman–Crippen MR) is 56.7 cm³/mol. The molecule has 0 amide bonds. The van der Waals surface area contributed by atoms with Crippen LogP contribution in [-0.4, -0.2) is 13.2 Å². The molecule has 0 spiro atoms. The second kappa shape index (κ2) is 3.27. The van der Waals surface area contributed by atoms with Gasteiger partial charge in [0.2, 0.25) is 0 Å². The lowest BCUT2D eigenvalue weighted by molar-refractivity contribution is 0.115. The molecule has 1 rings (SSSR count). The van der Waals surface area contributed by atoms with Gasteiger partial charge in [-0.3, -0.25) is 0 Å². The van der Waals surface area contributed by atoms with Gasteiger partial charge in [-0.2, -0.15) is 0 Å². The molecule has 1 saturated heterocycles. The van der Waals surface area contributed by atoms with Crippen LogP contribution in [0, 0.1) is 22.7 Å². The van der Waals surface area contributed by atoms with E-state index in [-0.39, 0.29) is 0 Å². The zero-order valence-corrected chi connectivity index (χ0v) is 9.98. The minimum atomic E-state index is 0.383. The number of hydrogen-bond donors (Lipinski definition) is 0. The molecule has 1 aliphatic rings. The molecule has 0 unspecified atom stereocenters. The molecule has 0 aromatic carbocycles. The van der Waals surface area contributed by atoms with Gasteiger partial charge in [0.1, 0.15) is 0 Å². The number of hydrogen-bond acceptors (Lipinski definition) is 1. The van der Waals surface area contributed by atoms with Gasteiger partial charge >= 0.3 is 0 Å². The van der Waals surface area contributed by atoms with Crippen molar-refractivity contribution in [3.05, 3.63) is 0 Å². The molecule has 78 valence electrons. The first-order chi connectivity index (χ1) is 5.73. The van der Waals surface area contributed by atoms with E-state index in [1.807, 2.05) is 0 Å². The maximum absolute atomic E-state index is 5.62. The van der Waals surface area contributed by atoms with Crippen molar-refractivity contribution in [1.82, 2.24) is 0 Å². The highest BCUT2D eigenvalue weighted by molar-refractivity contribution is 4.90. The zero-order chi connectivity index (χ0) is 10.3. The van der Waals surface area contributed by atoms with Crippen molar-refractivity contribution < 1.29 is 4.74 Å². The fraction of sp³-hybridized carbons (Fsp3) is 1.00. The van der Waals surface area contributed by atoms with Gasteiger partial charge in [0.05, 0.1) is 13.2 Å². The maximum Gasteiger partial charge on any atom is 0.0503 e. The van der Waals surface area contributed by atoms with Crippen LogP contribution in [-0.2, 0) is 4.74 Å². The zero-order valence-electron chi connectivity index (χ0n) is 9.98. The summed E-state index contributed by atoms with van der Waals surface area (Å²) in [6.07, 6.45) is 0. The Morgan fingerprint density at radius 2 is 1.08 bits per heavy atom. The summed E-state index contributed by atoms with van der Waals surface area (Å²) in [5, 5.41) is 0. The van der Waals surface area contributed by atoms with Crippen LogP contribution in [0.5, 0.6) is 0 Å². The summed E-state index contributed by atoms with van der Waals surface area (Å²) in [6, 6.07) is 0. The van der Waals surface area contributed by atoms with Gasteiger partial charge in [-0.1, -0.05) is 41.5 Å². The summed E-state index contributed by atoms with van der Waals surface area (Å²) in [4.78, 5) is 0. The Morgan fingerprint density at radius 1 is 0.769 bits per heavy atom. The Hall–Kier alpha value is -0.0400. The summed E-state index contributed by atoms with van der Waals surface area (Å²) in [6.45, 7) is 15.8. The Labute approximate surface area is 82.9 Å². The minimum Gasteiger partial charge on any atom is -0.381 e. The molecule has 0 bridgehead atoms. The average molecular weight is 184 g/mol. The minimum absolute atomic E-state index is 0.383. The van der Waals surface area contributed by atoms with Crippen molar-refractivity contribution in [1.29, 1.82) is 0 Å². The van der Waals surface area contributed by atoms with E-state index in [0.29, 0.717) is 22.7 Å². The highest BCUT2D eigenvalue weighted by Gasteiger charge is 2.42. The maximum atomic E-state index is 5.62. The molecule has 1 aliphatic heterocycles. The van der Waals surface area contributed by atoms with Crippen LogP contribution >= 0.6 is 0 Å². The van der Waals surface area contributed by atoms with E-state index in [1.165, 1.54) is 0 Å². The van der Waals surface area contributed by atoms with Crippen LogP contribution in [0.3, 0.4) is 0 Å². The summed E-state index contributed by atoms with van der Waals surface area (Å²) in [7, 11) is 0. The average Bonchev–Trinajstić information content (AvgIpc) is 2.27. The second-order valence-electron chi connectivity index (χ2n) is 6.48. The van der Waals surface area contributed by atoms with Gasteiger partial charge in [-0.25, -0.2) is 0 Å². The SMILES string of the molecule is CC(C)(C)[C@H]1COC[C@@H]1C(C)(C)C. The molecule has 1 nitrogen and oxygen atoms in total. The first kappa shape index (κ1) is 11.0. The Balaban J connectivity index is 2.76. The smallest absolute Gasteiger partial charge is 0.0503 e. The van der Waals surface area contributed by atoms with E-state index in [9.17, 15) is 0 Å². The fourth-order valence-corrected chi connectivity index (χ4v) is 2.26. The quantitative estimate of drug-likeness (QED) is 0.561. The van der Waals surface area contributed by atoms with Crippen molar-refractivity contribution in [2.45, 2.75) is 41.5 Å². The molecule has 1 heteroatoms. The molecule has 13 heavy (non-hydrogen) atoms. The van der Waals surface area contributed by atoms with E-state index < -0.39 is 0 Å². The monoisotopic (exact) mass is 184 g/mol. The standard InChI is InChI=1S/C12H24O/c1-11(2,3)9-7-13-8-10(9)12(4,5)6/h9-10H,7-8H2,1-6H3/t9-,10-/m0/s1. The van der Waals surface area contributed by atoms with Crippen LogP contribution in [0.4, 0.5) is 0 Å². The van der Waals surface area contributed by atoms with E-state index in [1.54, 1.807) is 0 Å². The van der Waals surface area contributed by atoms with E-state index in [0.717, 1.165) is 13.2 Å². The number of ether oxygens (including phenoxy) is 1. The number of rotatable bonds is 0. The Kier molecular flexibility index (Phi) is 2.78. The molecule has 0 aliphatic carbocycles. The van der Waals surface area contributed by atoms with Crippen LogP contribution < -0.4 is 0 Å². The molecule has 1 heterocycles. The largest absolute Gasteiger partial charge is 0.381 e. The highest BCUT2D eigenvalue weighted by atomic mass is 16.5. The van der Waals surface area contributed by atoms with Crippen LogP contribution in [0.25, 0.3) is 0 Å². The van der Waals surface area contributed by atoms with E-state index in [2.05, 4.69) is 41.5 Å². The summed E-state index contributed by atoms with van der Waals surface area (Å²) in [5.74, 6) is 1.43. The fourth-order valence-electron chi connectivity index (χ4n) is 2.26. The molecular formula is C12H24O. The van der Waals surface area contributed by atoms with E-state index >= 15 is 0 Å². The van der Waals surface area contributed by atoms with Gasteiger partial charge in [0.15, 0.2) is 0 Å². The molecule has 0 aromatic heterocycles. The molecule has 0 aromatic rings. The third-order valence-electron chi connectivity index (χ3n) is 3.31. The van der Waals surface area contributed by atoms with Gasteiger partial charge in [-0.05, 0) is 22.7 Å². The third-order valence-corrected chi connectivity index (χ3v) is 3.31. The van der Waals surface area contributed by atoms with Gasteiger partial charge in [-0.15, -0.1) is 0 Å². The first-order valence-corrected chi connectivity index (χ1v) is 5.30. The molecular weight excluding hydrogens is 160 g/mol. The van der Waals surface area contributed by atoms with Gasteiger partial charge < -0.3 is 4.74 Å². The molecule has 0 radical (unpaired) electrons. The van der Waals surface area contributed by atoms with Crippen molar-refractivity contribution in [2.75, 3.05) is 13.2 Å². The van der Waals surface area contributed by atoms with Gasteiger partial charge in [0.25, 0.3) is 0 Å². The molecule has 2 atom stereocenters. The lowest BCUT2D eigenvalue weighted by Gasteiger charge is -2.37. The summed E-state index contributed by atoms with van der Waals surface area (Å²) < 4.78 is 5.62. The molecule has 0 saturated carbocycles. The van der Waals surface area contributed by atoms with Crippen molar-refractivity contribution >= 4 is 0 Å². The Morgan fingerprint density at radius 3 is 1.31 bits per heavy atom. The van der Waals surface area contributed by atoms with Gasteiger partial charge in [0, 0.05) is 0 Å². The third kappa shape index (κ3) is 2.46. The normalized spacial score (nSPS) is 30.9. The summed E-state index contributed by atoms with van der Waals surface area (Å²) >= 11 is 0. The van der Waals surface area contributed by atoms with Crippen molar-refractivity contribution in [3.8, 4) is 0 Å². The molecule has 0 N–H and O–H groups in total. The Bertz CT molecular complexity index is 151. The lowest BCUT2D eigenvalue weighted by atomic mass is 9.66. The van der Waals surface area contributed by atoms with Crippen LogP contribution in [0.1, 0.15) is 41.5 Å². The topological polar surface area (TPSA) is 9.23 Å². The van der Waals surface area contributed by atoms with Crippen molar-refractivity contribution in [3.63, 3.8) is 0 Å².